The zero-order valence-corrected chi connectivity index (χ0v) is 13.2. The zero-order valence-electron chi connectivity index (χ0n) is 13.2. The van der Waals surface area contributed by atoms with E-state index >= 15 is 0 Å². The van der Waals surface area contributed by atoms with Crippen LogP contribution in [0, 0.1) is 5.92 Å². The van der Waals surface area contributed by atoms with Crippen molar-refractivity contribution < 1.29 is 14.3 Å². The fourth-order valence-electron chi connectivity index (χ4n) is 3.57. The summed E-state index contributed by atoms with van der Waals surface area (Å²) in [5, 5.41) is 0. The van der Waals surface area contributed by atoms with Crippen LogP contribution < -0.4 is 9.64 Å². The van der Waals surface area contributed by atoms with Gasteiger partial charge in [-0.05, 0) is 18.2 Å². The van der Waals surface area contributed by atoms with Gasteiger partial charge >= 0.3 is 0 Å². The standard InChI is InChI=1S/C17H19N3O3/c1-20(15(21)8-22-2)10-3-4-14-11(5-10)16-12(7-23-14)17(16)13-6-18-9-19-13/h3-6,9,12,16-17H,7-8H2,1-2H3,(H,18,19). The Morgan fingerprint density at radius 1 is 1.48 bits per heavy atom. The van der Waals surface area contributed by atoms with Crippen molar-refractivity contribution in [3.63, 3.8) is 0 Å². The number of imidazole rings is 1. The molecule has 1 aliphatic carbocycles. The Balaban J connectivity index is 1.63. The second-order valence-electron chi connectivity index (χ2n) is 6.14. The number of carbonyl (C=O) groups excluding carboxylic acids is 1. The number of H-pyrrole nitrogens is 1. The van der Waals surface area contributed by atoms with Crippen molar-refractivity contribution in [3.8, 4) is 5.75 Å². The van der Waals surface area contributed by atoms with E-state index in [4.69, 9.17) is 9.47 Å². The van der Waals surface area contributed by atoms with Crippen molar-refractivity contribution in [1.29, 1.82) is 0 Å². The van der Waals surface area contributed by atoms with Crippen LogP contribution in [0.25, 0.3) is 0 Å². The first-order valence-electron chi connectivity index (χ1n) is 7.71. The second kappa shape index (κ2) is 5.38. The van der Waals surface area contributed by atoms with Crippen molar-refractivity contribution in [2.24, 2.45) is 5.92 Å². The molecule has 120 valence electrons. The Morgan fingerprint density at radius 2 is 2.35 bits per heavy atom. The van der Waals surface area contributed by atoms with Crippen molar-refractivity contribution in [1.82, 2.24) is 9.97 Å². The minimum absolute atomic E-state index is 0.0679. The summed E-state index contributed by atoms with van der Waals surface area (Å²) >= 11 is 0. The molecule has 1 aromatic heterocycles. The number of ether oxygens (including phenoxy) is 2. The van der Waals surface area contributed by atoms with Gasteiger partial charge in [0.25, 0.3) is 5.91 Å². The van der Waals surface area contributed by atoms with Crippen LogP contribution in [0.4, 0.5) is 5.69 Å². The average Bonchev–Trinajstić information content (AvgIpc) is 3.06. The summed E-state index contributed by atoms with van der Waals surface area (Å²) in [4.78, 5) is 21.0. The van der Waals surface area contributed by atoms with Crippen molar-refractivity contribution in [2.45, 2.75) is 11.8 Å². The highest BCUT2D eigenvalue weighted by Gasteiger charge is 2.56. The number of fused-ring (bicyclic) bond motifs is 3. The summed E-state index contributed by atoms with van der Waals surface area (Å²) < 4.78 is 10.8. The Morgan fingerprint density at radius 3 is 3.09 bits per heavy atom. The maximum Gasteiger partial charge on any atom is 0.252 e. The number of likely N-dealkylation sites (N-methyl/N-ethyl adjacent to an activating group) is 1. The lowest BCUT2D eigenvalue weighted by molar-refractivity contribution is -0.121. The van der Waals surface area contributed by atoms with E-state index in [9.17, 15) is 4.79 Å². The number of aromatic nitrogens is 2. The molecule has 1 amide bonds. The first-order valence-corrected chi connectivity index (χ1v) is 7.71. The molecule has 0 spiro atoms. The topological polar surface area (TPSA) is 67.4 Å². The molecule has 1 aromatic carbocycles. The van der Waals surface area contributed by atoms with Crippen LogP contribution in [0.2, 0.25) is 0 Å². The second-order valence-corrected chi connectivity index (χ2v) is 6.14. The van der Waals surface area contributed by atoms with Crippen LogP contribution >= 0.6 is 0 Å². The minimum atomic E-state index is -0.0679. The van der Waals surface area contributed by atoms with Gasteiger partial charge in [-0.2, -0.15) is 0 Å². The number of hydrogen-bond acceptors (Lipinski definition) is 4. The molecule has 0 radical (unpaired) electrons. The summed E-state index contributed by atoms with van der Waals surface area (Å²) in [6.45, 7) is 0.812. The zero-order chi connectivity index (χ0) is 16.0. The number of methoxy groups -OCH3 is 1. The number of carbonyl (C=O) groups is 1. The molecule has 0 bridgehead atoms. The first-order chi connectivity index (χ1) is 11.2. The van der Waals surface area contributed by atoms with Gasteiger partial charge in [0.05, 0.1) is 12.9 Å². The van der Waals surface area contributed by atoms with E-state index < -0.39 is 0 Å². The van der Waals surface area contributed by atoms with Crippen LogP contribution in [0.5, 0.6) is 5.75 Å². The van der Waals surface area contributed by atoms with Crippen molar-refractivity contribution >= 4 is 11.6 Å². The highest BCUT2D eigenvalue weighted by Crippen LogP contribution is 2.64. The predicted octanol–water partition coefficient (Wildman–Crippen LogP) is 1.91. The Hall–Kier alpha value is -2.34. The highest BCUT2D eigenvalue weighted by molar-refractivity contribution is 5.94. The molecule has 1 saturated carbocycles. The van der Waals surface area contributed by atoms with Gasteiger partial charge in [-0.3, -0.25) is 4.79 Å². The third-order valence-electron chi connectivity index (χ3n) is 4.86. The van der Waals surface area contributed by atoms with E-state index in [1.165, 1.54) is 12.7 Å². The number of amides is 1. The summed E-state index contributed by atoms with van der Waals surface area (Å²) in [5.41, 5.74) is 3.20. The summed E-state index contributed by atoms with van der Waals surface area (Å²) in [6, 6.07) is 5.94. The number of nitrogens with one attached hydrogen (secondary N) is 1. The summed E-state index contributed by atoms with van der Waals surface area (Å²) in [5.74, 6) is 2.20. The van der Waals surface area contributed by atoms with E-state index in [0.29, 0.717) is 17.8 Å². The molecule has 23 heavy (non-hydrogen) atoms. The lowest BCUT2D eigenvalue weighted by Crippen LogP contribution is -2.29. The molecule has 0 saturated heterocycles. The van der Waals surface area contributed by atoms with Crippen molar-refractivity contribution in [3.05, 3.63) is 42.0 Å². The van der Waals surface area contributed by atoms with Crippen LogP contribution in [-0.4, -0.2) is 43.2 Å². The number of hydrogen-bond donors (Lipinski definition) is 1. The van der Waals surface area contributed by atoms with Crippen LogP contribution in [0.15, 0.2) is 30.7 Å². The van der Waals surface area contributed by atoms with Crippen molar-refractivity contribution in [2.75, 3.05) is 32.3 Å². The fraction of sp³-hybridized carbons (Fsp3) is 0.412. The highest BCUT2D eigenvalue weighted by atomic mass is 16.5. The minimum Gasteiger partial charge on any atom is -0.493 e. The fourth-order valence-corrected chi connectivity index (χ4v) is 3.57. The number of benzene rings is 1. The Labute approximate surface area is 134 Å². The molecule has 6 heteroatoms. The number of nitrogens with zero attached hydrogens (tertiary/aromatic N) is 2. The largest absolute Gasteiger partial charge is 0.493 e. The van der Waals surface area contributed by atoms with Crippen LogP contribution in [0.1, 0.15) is 23.1 Å². The molecule has 4 rings (SSSR count). The van der Waals surface area contributed by atoms with E-state index in [1.54, 1.807) is 18.3 Å². The van der Waals surface area contributed by atoms with Gasteiger partial charge in [-0.1, -0.05) is 0 Å². The Bertz CT molecular complexity index is 729. The normalized spacial score (nSPS) is 24.3. The molecule has 6 nitrogen and oxygen atoms in total. The van der Waals surface area contributed by atoms with E-state index in [2.05, 4.69) is 16.0 Å². The molecular formula is C17H19N3O3. The number of anilines is 1. The van der Waals surface area contributed by atoms with Gasteiger partial charge in [0.1, 0.15) is 12.4 Å². The first kappa shape index (κ1) is 14.3. The Kier molecular flexibility index (Phi) is 3.34. The molecular weight excluding hydrogens is 294 g/mol. The van der Waals surface area contributed by atoms with Crippen LogP contribution in [0.3, 0.4) is 0 Å². The molecule has 2 aromatic rings. The van der Waals surface area contributed by atoms with E-state index in [1.807, 2.05) is 18.3 Å². The smallest absolute Gasteiger partial charge is 0.252 e. The van der Waals surface area contributed by atoms with Gasteiger partial charge < -0.3 is 19.4 Å². The molecule has 1 N–H and O–H groups in total. The number of aromatic amines is 1. The maximum atomic E-state index is 12.0. The van der Waals surface area contributed by atoms with Gasteiger partial charge in [0, 0.05) is 55.1 Å². The van der Waals surface area contributed by atoms with Gasteiger partial charge in [-0.25, -0.2) is 4.98 Å². The molecule has 3 unspecified atom stereocenters. The molecule has 3 atom stereocenters. The van der Waals surface area contributed by atoms with E-state index in [0.717, 1.165) is 23.7 Å². The molecule has 1 fully saturated rings. The number of rotatable bonds is 4. The third-order valence-corrected chi connectivity index (χ3v) is 4.86. The van der Waals surface area contributed by atoms with Gasteiger partial charge in [0.15, 0.2) is 0 Å². The SMILES string of the molecule is COCC(=O)N(C)c1ccc2c(c1)C1C(CO2)C1c1cnc[nH]1. The quantitative estimate of drug-likeness (QED) is 0.936. The molecule has 2 aliphatic rings. The summed E-state index contributed by atoms with van der Waals surface area (Å²) in [7, 11) is 3.29. The van der Waals surface area contributed by atoms with Gasteiger partial charge in [-0.15, -0.1) is 0 Å². The average molecular weight is 313 g/mol. The lowest BCUT2D eigenvalue weighted by Gasteiger charge is -2.21. The predicted molar refractivity (Wildman–Crippen MR) is 84.8 cm³/mol. The maximum absolute atomic E-state index is 12.0. The summed E-state index contributed by atoms with van der Waals surface area (Å²) in [6.07, 6.45) is 3.61. The lowest BCUT2D eigenvalue weighted by atomic mass is 10.0. The molecule has 2 heterocycles. The van der Waals surface area contributed by atoms with Gasteiger partial charge in [0.2, 0.25) is 0 Å². The molecule has 1 aliphatic heterocycles. The van der Waals surface area contributed by atoms with E-state index in [-0.39, 0.29) is 12.5 Å². The van der Waals surface area contributed by atoms with Crippen LogP contribution in [-0.2, 0) is 9.53 Å². The monoisotopic (exact) mass is 313 g/mol. The third kappa shape index (κ3) is 2.30.